The van der Waals surface area contributed by atoms with Gasteiger partial charge in [0.2, 0.25) is 5.91 Å². The van der Waals surface area contributed by atoms with Crippen molar-refractivity contribution in [3.8, 4) is 11.5 Å². The van der Waals surface area contributed by atoms with Gasteiger partial charge in [-0.1, -0.05) is 12.1 Å². The van der Waals surface area contributed by atoms with Crippen molar-refractivity contribution < 1.29 is 14.3 Å². The second kappa shape index (κ2) is 8.39. The minimum absolute atomic E-state index is 0.0111. The van der Waals surface area contributed by atoms with Gasteiger partial charge in [-0.25, -0.2) is 0 Å². The van der Waals surface area contributed by atoms with Crippen molar-refractivity contribution in [3.63, 3.8) is 0 Å². The maximum absolute atomic E-state index is 13.0. The molecule has 0 unspecified atom stereocenters. The van der Waals surface area contributed by atoms with Gasteiger partial charge in [0.1, 0.15) is 6.04 Å². The summed E-state index contributed by atoms with van der Waals surface area (Å²) < 4.78 is 11.4. The molecule has 1 fully saturated rings. The van der Waals surface area contributed by atoms with Crippen LogP contribution >= 0.6 is 0 Å². The van der Waals surface area contributed by atoms with Gasteiger partial charge in [-0.3, -0.25) is 14.7 Å². The molecule has 4 rings (SSSR count). The summed E-state index contributed by atoms with van der Waals surface area (Å²) in [6, 6.07) is 9.42. The molecule has 0 saturated carbocycles. The number of amides is 1. The number of nitrogens with one attached hydrogen (secondary N) is 1. The Morgan fingerprint density at radius 2 is 1.93 bits per heavy atom. The lowest BCUT2D eigenvalue weighted by Crippen LogP contribution is -2.39. The normalized spacial score (nSPS) is 17.9. The van der Waals surface area contributed by atoms with Gasteiger partial charge >= 0.3 is 0 Å². The van der Waals surface area contributed by atoms with E-state index in [2.05, 4.69) is 15.2 Å². The minimum atomic E-state index is -0.290. The highest BCUT2D eigenvalue weighted by Gasteiger charge is 2.29. The van der Waals surface area contributed by atoms with E-state index in [4.69, 9.17) is 9.47 Å². The third-order valence-corrected chi connectivity index (χ3v) is 5.03. The summed E-state index contributed by atoms with van der Waals surface area (Å²) in [4.78, 5) is 19.4. The molecule has 1 atom stereocenters. The van der Waals surface area contributed by atoms with E-state index < -0.39 is 0 Å². The zero-order valence-corrected chi connectivity index (χ0v) is 15.4. The van der Waals surface area contributed by atoms with Crippen molar-refractivity contribution in [2.45, 2.75) is 31.8 Å². The van der Waals surface area contributed by atoms with E-state index in [0.29, 0.717) is 19.8 Å². The number of ether oxygens (including phenoxy) is 2. The molecular weight excluding hydrogens is 342 g/mol. The summed E-state index contributed by atoms with van der Waals surface area (Å²) in [6.45, 7) is 3.67. The summed E-state index contributed by atoms with van der Waals surface area (Å²) in [5.41, 5.74) is 1.94. The van der Waals surface area contributed by atoms with Crippen LogP contribution in [0.5, 0.6) is 11.5 Å². The number of benzene rings is 1. The molecule has 142 valence electrons. The lowest BCUT2D eigenvalue weighted by molar-refractivity contribution is -0.126. The Bertz CT molecular complexity index is 775. The van der Waals surface area contributed by atoms with E-state index in [1.807, 2.05) is 30.3 Å². The van der Waals surface area contributed by atoms with E-state index >= 15 is 0 Å². The number of likely N-dealkylation sites (tertiary alicyclic amines) is 1. The second-order valence-electron chi connectivity index (χ2n) is 6.98. The Morgan fingerprint density at radius 3 is 2.70 bits per heavy atom. The maximum atomic E-state index is 13.0. The first-order valence-electron chi connectivity index (χ1n) is 9.61. The van der Waals surface area contributed by atoms with Crippen molar-refractivity contribution in [1.29, 1.82) is 0 Å². The number of hydrogen-bond donors (Lipinski definition) is 1. The molecule has 1 N–H and O–H groups in total. The molecule has 27 heavy (non-hydrogen) atoms. The third-order valence-electron chi connectivity index (χ3n) is 5.03. The molecule has 6 nitrogen and oxygen atoms in total. The molecule has 3 heterocycles. The van der Waals surface area contributed by atoms with Crippen molar-refractivity contribution in [2.75, 3.05) is 26.3 Å². The predicted octanol–water partition coefficient (Wildman–Crippen LogP) is 2.70. The number of pyridine rings is 1. The van der Waals surface area contributed by atoms with Gasteiger partial charge in [0.05, 0.1) is 13.2 Å². The fourth-order valence-electron chi connectivity index (χ4n) is 3.67. The van der Waals surface area contributed by atoms with Gasteiger partial charge < -0.3 is 14.8 Å². The summed E-state index contributed by atoms with van der Waals surface area (Å²) in [7, 11) is 0. The maximum Gasteiger partial charge on any atom is 0.242 e. The van der Waals surface area contributed by atoms with Crippen LogP contribution in [0.3, 0.4) is 0 Å². The van der Waals surface area contributed by atoms with Gasteiger partial charge in [0.25, 0.3) is 0 Å². The Kier molecular flexibility index (Phi) is 5.53. The van der Waals surface area contributed by atoms with E-state index in [-0.39, 0.29) is 11.9 Å². The van der Waals surface area contributed by atoms with Crippen LogP contribution in [0.15, 0.2) is 42.7 Å². The molecule has 6 heteroatoms. The number of aromatic nitrogens is 1. The first kappa shape index (κ1) is 17.8. The number of hydrogen-bond acceptors (Lipinski definition) is 5. The Morgan fingerprint density at radius 1 is 1.11 bits per heavy atom. The van der Waals surface area contributed by atoms with Crippen LogP contribution in [0.25, 0.3) is 0 Å². The van der Waals surface area contributed by atoms with Gasteiger partial charge in [0, 0.05) is 25.4 Å². The monoisotopic (exact) mass is 367 g/mol. The highest BCUT2D eigenvalue weighted by atomic mass is 16.5. The highest BCUT2D eigenvalue weighted by Crippen LogP contribution is 2.30. The van der Waals surface area contributed by atoms with Crippen LogP contribution in [-0.4, -0.2) is 42.1 Å². The average molecular weight is 367 g/mol. The number of rotatable bonds is 5. The zero-order chi connectivity index (χ0) is 18.5. The molecule has 0 spiro atoms. The van der Waals surface area contributed by atoms with Crippen molar-refractivity contribution in [2.24, 2.45) is 0 Å². The summed E-state index contributed by atoms with van der Waals surface area (Å²) >= 11 is 0. The fraction of sp³-hybridized carbons (Fsp3) is 0.429. The fourth-order valence-corrected chi connectivity index (χ4v) is 3.67. The van der Waals surface area contributed by atoms with Crippen LogP contribution < -0.4 is 14.8 Å². The molecule has 2 aliphatic heterocycles. The van der Waals surface area contributed by atoms with Crippen LogP contribution in [0, 0.1) is 0 Å². The van der Waals surface area contributed by atoms with Crippen LogP contribution in [-0.2, 0) is 11.3 Å². The third kappa shape index (κ3) is 4.22. The quantitative estimate of drug-likeness (QED) is 0.880. The van der Waals surface area contributed by atoms with Crippen LogP contribution in [0.4, 0.5) is 0 Å². The second-order valence-corrected chi connectivity index (χ2v) is 6.98. The molecule has 2 aromatic rings. The number of fused-ring (bicyclic) bond motifs is 1. The zero-order valence-electron chi connectivity index (χ0n) is 15.4. The molecule has 0 bridgehead atoms. The summed E-state index contributed by atoms with van der Waals surface area (Å²) in [5.74, 6) is 1.53. The Labute approximate surface area is 159 Å². The van der Waals surface area contributed by atoms with E-state index in [9.17, 15) is 4.79 Å². The standard InChI is InChI=1S/C21H25N3O3/c25-21(20(24-9-1-2-10-24)17-5-3-8-22-15-17)23-14-16-6-7-18-19(13-16)27-12-4-11-26-18/h3,5-8,13,15,20H,1-2,4,9-12,14H2,(H,23,25)/t20-/m1/s1. The topological polar surface area (TPSA) is 63.7 Å². The average Bonchev–Trinajstić information content (AvgIpc) is 3.12. The van der Waals surface area contributed by atoms with Gasteiger partial charge in [-0.2, -0.15) is 0 Å². The largest absolute Gasteiger partial charge is 0.490 e. The molecule has 1 saturated heterocycles. The number of carbonyl (C=O) groups excluding carboxylic acids is 1. The number of carbonyl (C=O) groups is 1. The lowest BCUT2D eigenvalue weighted by Gasteiger charge is -2.26. The summed E-state index contributed by atoms with van der Waals surface area (Å²) in [5, 5.41) is 3.09. The number of nitrogens with zero attached hydrogens (tertiary/aromatic N) is 2. The predicted molar refractivity (Wildman–Crippen MR) is 102 cm³/mol. The van der Waals surface area contributed by atoms with Crippen molar-refractivity contribution in [1.82, 2.24) is 15.2 Å². The Hall–Kier alpha value is -2.60. The van der Waals surface area contributed by atoms with E-state index in [1.54, 1.807) is 12.4 Å². The molecule has 1 amide bonds. The van der Waals surface area contributed by atoms with E-state index in [0.717, 1.165) is 55.0 Å². The van der Waals surface area contributed by atoms with Gasteiger partial charge in [-0.15, -0.1) is 0 Å². The van der Waals surface area contributed by atoms with E-state index in [1.165, 1.54) is 0 Å². The van der Waals surface area contributed by atoms with Crippen LogP contribution in [0.1, 0.15) is 36.4 Å². The lowest BCUT2D eigenvalue weighted by atomic mass is 10.1. The molecule has 1 aromatic carbocycles. The van der Waals surface area contributed by atoms with Crippen molar-refractivity contribution in [3.05, 3.63) is 53.9 Å². The van der Waals surface area contributed by atoms with Crippen molar-refractivity contribution >= 4 is 5.91 Å². The molecule has 2 aliphatic rings. The first-order valence-corrected chi connectivity index (χ1v) is 9.61. The SMILES string of the molecule is O=C(NCc1ccc2c(c1)OCCCO2)[C@@H](c1cccnc1)N1CCCC1. The molecule has 0 radical (unpaired) electrons. The highest BCUT2D eigenvalue weighted by molar-refractivity contribution is 5.83. The first-order chi connectivity index (χ1) is 13.3. The van der Waals surface area contributed by atoms with Gasteiger partial charge in [0.15, 0.2) is 11.5 Å². The molecular formula is C21H25N3O3. The minimum Gasteiger partial charge on any atom is -0.490 e. The van der Waals surface area contributed by atoms with Crippen LogP contribution in [0.2, 0.25) is 0 Å². The molecule has 1 aromatic heterocycles. The smallest absolute Gasteiger partial charge is 0.242 e. The molecule has 0 aliphatic carbocycles. The van der Waals surface area contributed by atoms with Gasteiger partial charge in [-0.05, 0) is 55.3 Å². The Balaban J connectivity index is 1.46. The summed E-state index contributed by atoms with van der Waals surface area (Å²) in [6.07, 6.45) is 6.66.